The van der Waals surface area contributed by atoms with Gasteiger partial charge >= 0.3 is 5.97 Å². The molecule has 1 aliphatic carbocycles. The van der Waals surface area contributed by atoms with Crippen LogP contribution in [0.15, 0.2) is 6.33 Å². The van der Waals surface area contributed by atoms with Crippen molar-refractivity contribution in [1.29, 1.82) is 0 Å². The molecule has 21 heavy (non-hydrogen) atoms. The monoisotopic (exact) mass is 289 g/mol. The van der Waals surface area contributed by atoms with Gasteiger partial charge in [-0.15, -0.1) is 0 Å². The van der Waals surface area contributed by atoms with Gasteiger partial charge in [-0.3, -0.25) is 4.79 Å². The molecule has 1 aliphatic rings. The molecule has 2 aromatic rings. The van der Waals surface area contributed by atoms with Crippen molar-refractivity contribution in [2.24, 2.45) is 0 Å². The van der Waals surface area contributed by atoms with Crippen LogP contribution < -0.4 is 5.73 Å². The second kappa shape index (κ2) is 5.31. The van der Waals surface area contributed by atoms with Gasteiger partial charge < -0.3 is 10.5 Å². The maximum absolute atomic E-state index is 11.1. The first kappa shape index (κ1) is 13.8. The van der Waals surface area contributed by atoms with Crippen molar-refractivity contribution < 1.29 is 9.53 Å². The Bertz CT molecular complexity index is 681. The maximum Gasteiger partial charge on any atom is 0.302 e. The lowest BCUT2D eigenvalue weighted by Gasteiger charge is -2.28. The van der Waals surface area contributed by atoms with E-state index in [0.29, 0.717) is 5.82 Å². The Morgan fingerprint density at radius 3 is 3.00 bits per heavy atom. The molecule has 7 heteroatoms. The van der Waals surface area contributed by atoms with E-state index in [1.807, 2.05) is 11.6 Å². The number of aryl methyl sites for hydroxylation is 1. The van der Waals surface area contributed by atoms with Crippen LogP contribution in [-0.4, -0.2) is 31.8 Å². The van der Waals surface area contributed by atoms with Crippen molar-refractivity contribution in [3.05, 3.63) is 12.0 Å². The number of hydrogen-bond acceptors (Lipinski definition) is 6. The maximum atomic E-state index is 11.1. The van der Waals surface area contributed by atoms with Gasteiger partial charge in [0, 0.05) is 13.3 Å². The highest BCUT2D eigenvalue weighted by Crippen LogP contribution is 2.33. The van der Waals surface area contributed by atoms with Crippen LogP contribution in [0.3, 0.4) is 0 Å². The molecule has 2 N–H and O–H groups in total. The SMILES string of the molecule is CC(=O)OC1CCCC(n2nc(C)c3c(N)ncnc32)C1. The van der Waals surface area contributed by atoms with Crippen LogP contribution in [0.1, 0.15) is 44.3 Å². The fourth-order valence-corrected chi connectivity index (χ4v) is 3.11. The molecule has 0 amide bonds. The highest BCUT2D eigenvalue weighted by atomic mass is 16.5. The average Bonchev–Trinajstić information content (AvgIpc) is 2.77. The van der Waals surface area contributed by atoms with E-state index in [0.717, 1.165) is 42.4 Å². The quantitative estimate of drug-likeness (QED) is 0.846. The summed E-state index contributed by atoms with van der Waals surface area (Å²) in [6.45, 7) is 3.36. The lowest BCUT2D eigenvalue weighted by atomic mass is 9.93. The molecular formula is C14H19N5O2. The zero-order valence-corrected chi connectivity index (χ0v) is 12.2. The number of carbonyl (C=O) groups excluding carboxylic acids is 1. The number of hydrogen-bond donors (Lipinski definition) is 1. The summed E-state index contributed by atoms with van der Waals surface area (Å²) in [5.74, 6) is 0.227. The van der Waals surface area contributed by atoms with Gasteiger partial charge in [0.1, 0.15) is 18.2 Å². The Kier molecular flexibility index (Phi) is 3.48. The lowest BCUT2D eigenvalue weighted by molar-refractivity contribution is -0.148. The number of ether oxygens (including phenoxy) is 1. The number of aromatic nitrogens is 4. The number of nitrogens with zero attached hydrogens (tertiary/aromatic N) is 4. The molecule has 0 radical (unpaired) electrons. The molecule has 112 valence electrons. The Morgan fingerprint density at radius 1 is 1.43 bits per heavy atom. The van der Waals surface area contributed by atoms with Crippen molar-refractivity contribution in [1.82, 2.24) is 19.7 Å². The molecule has 0 spiro atoms. The first-order valence-electron chi connectivity index (χ1n) is 7.18. The average molecular weight is 289 g/mol. The van der Waals surface area contributed by atoms with Crippen LogP contribution in [0.25, 0.3) is 11.0 Å². The van der Waals surface area contributed by atoms with Crippen molar-refractivity contribution in [2.75, 3.05) is 5.73 Å². The second-order valence-corrected chi connectivity index (χ2v) is 5.54. The largest absolute Gasteiger partial charge is 0.462 e. The highest BCUT2D eigenvalue weighted by Gasteiger charge is 2.28. The molecule has 3 rings (SSSR count). The fraction of sp³-hybridized carbons (Fsp3) is 0.571. The Morgan fingerprint density at radius 2 is 2.24 bits per heavy atom. The summed E-state index contributed by atoms with van der Waals surface area (Å²) in [7, 11) is 0. The van der Waals surface area contributed by atoms with E-state index in [1.165, 1.54) is 13.3 Å². The molecule has 1 fully saturated rings. The Balaban J connectivity index is 1.93. The summed E-state index contributed by atoms with van der Waals surface area (Å²) >= 11 is 0. The smallest absolute Gasteiger partial charge is 0.302 e. The number of anilines is 1. The van der Waals surface area contributed by atoms with Crippen molar-refractivity contribution in [3.8, 4) is 0 Å². The summed E-state index contributed by atoms with van der Waals surface area (Å²) in [4.78, 5) is 19.5. The molecule has 2 heterocycles. The minimum atomic E-state index is -0.228. The fourth-order valence-electron chi connectivity index (χ4n) is 3.11. The summed E-state index contributed by atoms with van der Waals surface area (Å²) in [6, 6.07) is 0.175. The molecule has 2 aromatic heterocycles. The summed E-state index contributed by atoms with van der Waals surface area (Å²) in [6.07, 6.45) is 5.09. The van der Waals surface area contributed by atoms with E-state index < -0.39 is 0 Å². The first-order valence-corrected chi connectivity index (χ1v) is 7.18. The number of nitrogens with two attached hydrogens (primary N) is 1. The normalized spacial score (nSPS) is 22.4. The summed E-state index contributed by atoms with van der Waals surface area (Å²) < 4.78 is 7.26. The van der Waals surface area contributed by atoms with E-state index >= 15 is 0 Å². The van der Waals surface area contributed by atoms with Crippen LogP contribution in [-0.2, 0) is 9.53 Å². The van der Waals surface area contributed by atoms with Gasteiger partial charge in [-0.25, -0.2) is 14.6 Å². The van der Waals surface area contributed by atoms with Gasteiger partial charge in [-0.1, -0.05) is 0 Å². The molecule has 1 saturated carbocycles. The number of rotatable bonds is 2. The third kappa shape index (κ3) is 2.55. The predicted octanol–water partition coefficient (Wildman–Crippen LogP) is 1.76. The van der Waals surface area contributed by atoms with Crippen LogP contribution >= 0.6 is 0 Å². The summed E-state index contributed by atoms with van der Waals surface area (Å²) in [5.41, 5.74) is 7.51. The van der Waals surface area contributed by atoms with Crippen LogP contribution in [0, 0.1) is 6.92 Å². The van der Waals surface area contributed by atoms with E-state index in [9.17, 15) is 4.79 Å². The molecule has 0 aromatic carbocycles. The van der Waals surface area contributed by atoms with E-state index in [4.69, 9.17) is 10.5 Å². The van der Waals surface area contributed by atoms with E-state index in [1.54, 1.807) is 0 Å². The molecule has 2 atom stereocenters. The lowest BCUT2D eigenvalue weighted by Crippen LogP contribution is -2.27. The number of fused-ring (bicyclic) bond motifs is 1. The van der Waals surface area contributed by atoms with Gasteiger partial charge in [0.25, 0.3) is 0 Å². The zero-order chi connectivity index (χ0) is 15.0. The predicted molar refractivity (Wildman–Crippen MR) is 77.5 cm³/mol. The minimum Gasteiger partial charge on any atom is -0.462 e. The molecule has 0 saturated heterocycles. The zero-order valence-electron chi connectivity index (χ0n) is 12.2. The first-order chi connectivity index (χ1) is 10.1. The molecule has 0 bridgehead atoms. The standard InChI is InChI=1S/C14H19N5O2/c1-8-12-13(15)16-7-17-14(12)19(18-8)10-4-3-5-11(6-10)21-9(2)20/h7,10-11H,3-6H2,1-2H3,(H2,15,16,17). The minimum absolute atomic E-state index is 0.0417. The Hall–Kier alpha value is -2.18. The van der Waals surface area contributed by atoms with E-state index in [2.05, 4.69) is 15.1 Å². The van der Waals surface area contributed by atoms with Gasteiger partial charge in [0.15, 0.2) is 5.65 Å². The van der Waals surface area contributed by atoms with Gasteiger partial charge in [-0.2, -0.15) is 5.10 Å². The van der Waals surface area contributed by atoms with E-state index in [-0.39, 0.29) is 18.1 Å². The molecular weight excluding hydrogens is 270 g/mol. The topological polar surface area (TPSA) is 95.9 Å². The second-order valence-electron chi connectivity index (χ2n) is 5.54. The van der Waals surface area contributed by atoms with Gasteiger partial charge in [0.05, 0.1) is 17.1 Å². The Labute approximate surface area is 122 Å². The molecule has 7 nitrogen and oxygen atoms in total. The third-order valence-corrected chi connectivity index (χ3v) is 3.97. The number of nitrogen functional groups attached to an aromatic ring is 1. The third-order valence-electron chi connectivity index (χ3n) is 3.97. The van der Waals surface area contributed by atoms with Gasteiger partial charge in [0.2, 0.25) is 0 Å². The van der Waals surface area contributed by atoms with Crippen molar-refractivity contribution >= 4 is 22.8 Å². The summed E-state index contributed by atoms with van der Waals surface area (Å²) in [5, 5.41) is 5.39. The van der Waals surface area contributed by atoms with Crippen LogP contribution in [0.2, 0.25) is 0 Å². The highest BCUT2D eigenvalue weighted by molar-refractivity contribution is 5.87. The van der Waals surface area contributed by atoms with Crippen molar-refractivity contribution in [2.45, 2.75) is 51.7 Å². The number of esters is 1. The van der Waals surface area contributed by atoms with Gasteiger partial charge in [-0.05, 0) is 26.2 Å². The number of carbonyl (C=O) groups is 1. The molecule has 0 aliphatic heterocycles. The van der Waals surface area contributed by atoms with Crippen molar-refractivity contribution in [3.63, 3.8) is 0 Å². The molecule has 2 unspecified atom stereocenters. The van der Waals surface area contributed by atoms with Crippen LogP contribution in [0.5, 0.6) is 0 Å². The van der Waals surface area contributed by atoms with Crippen LogP contribution in [0.4, 0.5) is 5.82 Å².